The molecule has 2 aromatic rings. The van der Waals surface area contributed by atoms with Crippen molar-refractivity contribution >= 4 is 5.91 Å². The normalized spacial score (nSPS) is 20.9. The summed E-state index contributed by atoms with van der Waals surface area (Å²) in [6, 6.07) is 14.0. The predicted molar refractivity (Wildman–Crippen MR) is 87.2 cm³/mol. The van der Waals surface area contributed by atoms with Crippen LogP contribution >= 0.6 is 0 Å². The Morgan fingerprint density at radius 1 is 1.09 bits per heavy atom. The van der Waals surface area contributed by atoms with E-state index in [9.17, 15) is 9.90 Å². The maximum absolute atomic E-state index is 12.6. The molecule has 2 atom stereocenters. The molecule has 2 unspecified atom stereocenters. The molecule has 0 saturated carbocycles. The molecular weight excluding hydrogens is 274 g/mol. The number of hydrogen-bond acceptors (Lipinski definition) is 2. The van der Waals surface area contributed by atoms with Crippen molar-refractivity contribution < 1.29 is 9.90 Å². The molecule has 1 amide bonds. The van der Waals surface area contributed by atoms with Crippen LogP contribution in [0.2, 0.25) is 0 Å². The first-order chi connectivity index (χ1) is 10.5. The number of likely N-dealkylation sites (N-methyl/N-ethyl adjacent to an activating group) is 1. The third kappa shape index (κ3) is 2.22. The summed E-state index contributed by atoms with van der Waals surface area (Å²) in [6.45, 7) is 4.04. The van der Waals surface area contributed by atoms with Gasteiger partial charge in [0.2, 0.25) is 0 Å². The van der Waals surface area contributed by atoms with Gasteiger partial charge in [0.25, 0.3) is 5.91 Å². The second-order valence-electron chi connectivity index (χ2n) is 6.08. The Balaban J connectivity index is 2.25. The molecule has 0 saturated heterocycles. The van der Waals surface area contributed by atoms with Gasteiger partial charge in [0, 0.05) is 18.5 Å². The van der Waals surface area contributed by atoms with E-state index in [-0.39, 0.29) is 24.5 Å². The fourth-order valence-electron chi connectivity index (χ4n) is 3.34. The van der Waals surface area contributed by atoms with Crippen LogP contribution in [-0.4, -0.2) is 35.6 Å². The lowest BCUT2D eigenvalue weighted by Gasteiger charge is -2.40. The first kappa shape index (κ1) is 14.8. The van der Waals surface area contributed by atoms with Crippen LogP contribution < -0.4 is 0 Å². The average molecular weight is 295 g/mol. The molecule has 3 heteroatoms. The average Bonchev–Trinajstić information content (AvgIpc) is 2.53. The largest absolute Gasteiger partial charge is 0.394 e. The van der Waals surface area contributed by atoms with Crippen LogP contribution in [0.4, 0.5) is 0 Å². The van der Waals surface area contributed by atoms with Crippen LogP contribution in [0.5, 0.6) is 0 Å². The minimum absolute atomic E-state index is 0.00296. The van der Waals surface area contributed by atoms with Crippen molar-refractivity contribution in [3.63, 3.8) is 0 Å². The molecular formula is C19H21NO2. The van der Waals surface area contributed by atoms with Crippen molar-refractivity contribution in [3.05, 3.63) is 70.3 Å². The van der Waals surface area contributed by atoms with Gasteiger partial charge in [0.15, 0.2) is 0 Å². The summed E-state index contributed by atoms with van der Waals surface area (Å²) in [6.07, 6.45) is 0. The van der Waals surface area contributed by atoms with Gasteiger partial charge in [-0.2, -0.15) is 0 Å². The zero-order chi connectivity index (χ0) is 15.9. The molecule has 114 valence electrons. The molecule has 22 heavy (non-hydrogen) atoms. The smallest absolute Gasteiger partial charge is 0.254 e. The van der Waals surface area contributed by atoms with Crippen LogP contribution in [0, 0.1) is 13.8 Å². The number of aliphatic hydroxyl groups excluding tert-OH is 1. The number of amides is 1. The van der Waals surface area contributed by atoms with E-state index in [2.05, 4.69) is 25.1 Å². The molecule has 3 nitrogen and oxygen atoms in total. The topological polar surface area (TPSA) is 40.5 Å². The SMILES string of the molecule is Cc1cc2c(cc1C)C(c1ccccc1)C(CO)N(C)C2=O. The zero-order valence-electron chi connectivity index (χ0n) is 13.2. The summed E-state index contributed by atoms with van der Waals surface area (Å²) in [7, 11) is 1.78. The zero-order valence-corrected chi connectivity index (χ0v) is 13.2. The van der Waals surface area contributed by atoms with E-state index < -0.39 is 0 Å². The second kappa shape index (κ2) is 5.58. The summed E-state index contributed by atoms with van der Waals surface area (Å²) >= 11 is 0. The molecule has 1 heterocycles. The van der Waals surface area contributed by atoms with E-state index in [1.54, 1.807) is 11.9 Å². The van der Waals surface area contributed by atoms with Crippen molar-refractivity contribution in [2.75, 3.05) is 13.7 Å². The molecule has 0 fully saturated rings. The van der Waals surface area contributed by atoms with Crippen molar-refractivity contribution in [3.8, 4) is 0 Å². The van der Waals surface area contributed by atoms with Gasteiger partial charge in [-0.15, -0.1) is 0 Å². The molecule has 0 aliphatic carbocycles. The van der Waals surface area contributed by atoms with E-state index >= 15 is 0 Å². The summed E-state index contributed by atoms with van der Waals surface area (Å²) in [5.41, 5.74) is 5.20. The second-order valence-corrected chi connectivity index (χ2v) is 6.08. The third-order valence-electron chi connectivity index (χ3n) is 4.78. The van der Waals surface area contributed by atoms with Gasteiger partial charge in [0.1, 0.15) is 0 Å². The van der Waals surface area contributed by atoms with E-state index in [1.807, 2.05) is 31.2 Å². The predicted octanol–water partition coefficient (Wildman–Crippen LogP) is 2.88. The highest BCUT2D eigenvalue weighted by molar-refractivity contribution is 5.98. The highest BCUT2D eigenvalue weighted by Gasteiger charge is 2.38. The van der Waals surface area contributed by atoms with Crippen molar-refractivity contribution in [2.24, 2.45) is 0 Å². The van der Waals surface area contributed by atoms with Crippen molar-refractivity contribution in [1.29, 1.82) is 0 Å². The minimum Gasteiger partial charge on any atom is -0.394 e. The third-order valence-corrected chi connectivity index (χ3v) is 4.78. The van der Waals surface area contributed by atoms with Crippen LogP contribution in [0.25, 0.3) is 0 Å². The van der Waals surface area contributed by atoms with Gasteiger partial charge < -0.3 is 10.0 Å². The Labute approximate surface area is 131 Å². The Bertz CT molecular complexity index is 709. The Kier molecular flexibility index (Phi) is 3.75. The minimum atomic E-state index is -0.232. The quantitative estimate of drug-likeness (QED) is 0.925. The molecule has 2 aromatic carbocycles. The summed E-state index contributed by atoms with van der Waals surface area (Å²) in [5, 5.41) is 9.87. The number of nitrogens with zero attached hydrogens (tertiary/aromatic N) is 1. The van der Waals surface area contributed by atoms with E-state index in [0.717, 1.165) is 22.3 Å². The highest BCUT2D eigenvalue weighted by atomic mass is 16.3. The monoisotopic (exact) mass is 295 g/mol. The lowest BCUT2D eigenvalue weighted by Crippen LogP contribution is -2.48. The van der Waals surface area contributed by atoms with Gasteiger partial charge in [0.05, 0.1) is 12.6 Å². The van der Waals surface area contributed by atoms with E-state index in [0.29, 0.717) is 0 Å². The Hall–Kier alpha value is -2.13. The van der Waals surface area contributed by atoms with E-state index in [4.69, 9.17) is 0 Å². The number of hydrogen-bond donors (Lipinski definition) is 1. The van der Waals surface area contributed by atoms with Crippen molar-refractivity contribution in [1.82, 2.24) is 4.90 Å². The number of aliphatic hydroxyl groups is 1. The Morgan fingerprint density at radius 2 is 1.73 bits per heavy atom. The van der Waals surface area contributed by atoms with Crippen LogP contribution in [0.15, 0.2) is 42.5 Å². The van der Waals surface area contributed by atoms with Gasteiger partial charge >= 0.3 is 0 Å². The number of carbonyl (C=O) groups is 1. The van der Waals surface area contributed by atoms with Gasteiger partial charge in [-0.3, -0.25) is 4.79 Å². The first-order valence-corrected chi connectivity index (χ1v) is 7.58. The number of aryl methyl sites for hydroxylation is 2. The lowest BCUT2D eigenvalue weighted by molar-refractivity contribution is 0.0600. The van der Waals surface area contributed by atoms with Gasteiger partial charge in [-0.05, 0) is 42.2 Å². The van der Waals surface area contributed by atoms with Gasteiger partial charge in [-0.25, -0.2) is 0 Å². The lowest BCUT2D eigenvalue weighted by atomic mass is 9.78. The van der Waals surface area contributed by atoms with Crippen molar-refractivity contribution in [2.45, 2.75) is 25.8 Å². The first-order valence-electron chi connectivity index (χ1n) is 7.58. The number of carbonyl (C=O) groups excluding carboxylic acids is 1. The summed E-state index contributed by atoms with van der Waals surface area (Å²) in [5.74, 6) is -0.00692. The number of benzene rings is 2. The fourth-order valence-corrected chi connectivity index (χ4v) is 3.34. The fraction of sp³-hybridized carbons (Fsp3) is 0.316. The van der Waals surface area contributed by atoms with Crippen LogP contribution in [0.1, 0.15) is 38.5 Å². The number of rotatable bonds is 2. The number of fused-ring (bicyclic) bond motifs is 1. The summed E-state index contributed by atoms with van der Waals surface area (Å²) in [4.78, 5) is 14.3. The maximum atomic E-state index is 12.6. The van der Waals surface area contributed by atoms with Gasteiger partial charge in [-0.1, -0.05) is 36.4 Å². The summed E-state index contributed by atoms with van der Waals surface area (Å²) < 4.78 is 0. The molecule has 0 bridgehead atoms. The molecule has 1 aliphatic heterocycles. The molecule has 0 radical (unpaired) electrons. The Morgan fingerprint density at radius 3 is 2.36 bits per heavy atom. The molecule has 1 N–H and O–H groups in total. The standard InChI is InChI=1S/C19H21NO2/c1-12-9-15-16(10-13(12)2)19(22)20(3)17(11-21)18(15)14-7-5-4-6-8-14/h4-10,17-18,21H,11H2,1-3H3. The van der Waals surface area contributed by atoms with E-state index in [1.165, 1.54) is 5.56 Å². The molecule has 0 aromatic heterocycles. The van der Waals surface area contributed by atoms with Crippen LogP contribution in [0.3, 0.4) is 0 Å². The highest BCUT2D eigenvalue weighted by Crippen LogP contribution is 2.38. The molecule has 0 spiro atoms. The molecule has 1 aliphatic rings. The maximum Gasteiger partial charge on any atom is 0.254 e. The van der Waals surface area contributed by atoms with Crippen LogP contribution in [-0.2, 0) is 0 Å². The molecule has 3 rings (SSSR count).